The number of anilines is 1. The molecule has 1 fully saturated rings. The highest BCUT2D eigenvalue weighted by molar-refractivity contribution is 5.32. The molecule has 0 amide bonds. The van der Waals surface area contributed by atoms with Crippen molar-refractivity contribution >= 4 is 5.95 Å². The normalized spacial score (nSPS) is 17.7. The first-order chi connectivity index (χ1) is 8.72. The van der Waals surface area contributed by atoms with Gasteiger partial charge in [-0.2, -0.15) is 4.98 Å². The standard InChI is InChI=1S/C13H22N4O/c1-9-7-12(18-2)17-13(15-9)16-11(8-14)10-5-3-4-6-10/h7,10-11H,3-6,8,14H2,1-2H3,(H,15,16,17). The van der Waals surface area contributed by atoms with Crippen LogP contribution in [0.1, 0.15) is 31.4 Å². The molecule has 0 aliphatic heterocycles. The molecule has 0 aromatic carbocycles. The number of ether oxygens (including phenoxy) is 1. The van der Waals surface area contributed by atoms with Gasteiger partial charge in [0.1, 0.15) is 0 Å². The molecular formula is C13H22N4O. The Balaban J connectivity index is 2.08. The molecule has 1 unspecified atom stereocenters. The van der Waals surface area contributed by atoms with Gasteiger partial charge in [-0.1, -0.05) is 12.8 Å². The molecule has 5 heteroatoms. The lowest BCUT2D eigenvalue weighted by atomic mass is 9.98. The van der Waals surface area contributed by atoms with Gasteiger partial charge in [0, 0.05) is 24.3 Å². The summed E-state index contributed by atoms with van der Waals surface area (Å²) in [5.74, 6) is 1.85. The molecule has 1 saturated carbocycles. The van der Waals surface area contributed by atoms with Crippen LogP contribution >= 0.6 is 0 Å². The minimum atomic E-state index is 0.263. The van der Waals surface area contributed by atoms with Crippen molar-refractivity contribution < 1.29 is 4.74 Å². The molecule has 1 aliphatic carbocycles. The van der Waals surface area contributed by atoms with Crippen molar-refractivity contribution in [1.82, 2.24) is 9.97 Å². The van der Waals surface area contributed by atoms with Crippen LogP contribution < -0.4 is 15.8 Å². The lowest BCUT2D eigenvalue weighted by Gasteiger charge is -2.23. The van der Waals surface area contributed by atoms with Crippen LogP contribution in [0, 0.1) is 12.8 Å². The molecule has 0 bridgehead atoms. The lowest BCUT2D eigenvalue weighted by Crippen LogP contribution is -2.35. The fraction of sp³-hybridized carbons (Fsp3) is 0.692. The zero-order valence-corrected chi connectivity index (χ0v) is 11.1. The number of nitrogens with one attached hydrogen (secondary N) is 1. The fourth-order valence-electron chi connectivity index (χ4n) is 2.60. The van der Waals surface area contributed by atoms with Crippen LogP contribution in [-0.2, 0) is 0 Å². The molecule has 3 N–H and O–H groups in total. The lowest BCUT2D eigenvalue weighted by molar-refractivity contribution is 0.396. The van der Waals surface area contributed by atoms with Gasteiger partial charge < -0.3 is 15.8 Å². The summed E-state index contributed by atoms with van der Waals surface area (Å²) in [6, 6.07) is 2.08. The van der Waals surface area contributed by atoms with E-state index in [1.165, 1.54) is 25.7 Å². The molecule has 1 aromatic heterocycles. The van der Waals surface area contributed by atoms with Gasteiger partial charge >= 0.3 is 0 Å². The Labute approximate surface area is 108 Å². The van der Waals surface area contributed by atoms with Gasteiger partial charge in [0.25, 0.3) is 0 Å². The average molecular weight is 250 g/mol. The Bertz CT molecular complexity index is 391. The van der Waals surface area contributed by atoms with Crippen LogP contribution in [0.2, 0.25) is 0 Å². The number of nitrogens with zero attached hydrogens (tertiary/aromatic N) is 2. The van der Waals surface area contributed by atoms with Crippen LogP contribution in [0.15, 0.2) is 6.07 Å². The number of aromatic nitrogens is 2. The Kier molecular flexibility index (Phi) is 4.36. The first kappa shape index (κ1) is 13.1. The van der Waals surface area contributed by atoms with E-state index in [1.54, 1.807) is 7.11 Å². The fourth-order valence-corrected chi connectivity index (χ4v) is 2.60. The first-order valence-corrected chi connectivity index (χ1v) is 6.59. The molecule has 18 heavy (non-hydrogen) atoms. The van der Waals surface area contributed by atoms with Crippen molar-refractivity contribution in [3.05, 3.63) is 11.8 Å². The maximum Gasteiger partial charge on any atom is 0.226 e. The van der Waals surface area contributed by atoms with Crippen molar-refractivity contribution in [3.8, 4) is 5.88 Å². The predicted octanol–water partition coefficient (Wildman–Crippen LogP) is 1.72. The molecule has 1 aliphatic rings. The Hall–Kier alpha value is -1.36. The highest BCUT2D eigenvalue weighted by Gasteiger charge is 2.24. The summed E-state index contributed by atoms with van der Waals surface area (Å²) >= 11 is 0. The van der Waals surface area contributed by atoms with E-state index < -0.39 is 0 Å². The minimum absolute atomic E-state index is 0.263. The third kappa shape index (κ3) is 3.10. The summed E-state index contributed by atoms with van der Waals surface area (Å²) in [5, 5.41) is 3.36. The summed E-state index contributed by atoms with van der Waals surface area (Å²) in [7, 11) is 1.61. The van der Waals surface area contributed by atoms with Crippen molar-refractivity contribution in [2.45, 2.75) is 38.6 Å². The number of hydrogen-bond donors (Lipinski definition) is 2. The van der Waals surface area contributed by atoms with Crippen LogP contribution in [0.5, 0.6) is 5.88 Å². The topological polar surface area (TPSA) is 73.1 Å². The largest absolute Gasteiger partial charge is 0.481 e. The highest BCUT2D eigenvalue weighted by Crippen LogP contribution is 2.28. The number of nitrogens with two attached hydrogens (primary N) is 1. The van der Waals surface area contributed by atoms with E-state index in [9.17, 15) is 0 Å². The van der Waals surface area contributed by atoms with E-state index in [0.29, 0.717) is 24.3 Å². The van der Waals surface area contributed by atoms with Gasteiger partial charge in [0.05, 0.1) is 7.11 Å². The van der Waals surface area contributed by atoms with E-state index in [-0.39, 0.29) is 6.04 Å². The maximum atomic E-state index is 5.86. The Morgan fingerprint density at radius 3 is 2.78 bits per heavy atom. The summed E-state index contributed by atoms with van der Waals surface area (Å²) in [6.45, 7) is 2.55. The quantitative estimate of drug-likeness (QED) is 0.832. The van der Waals surface area contributed by atoms with Gasteiger partial charge in [-0.25, -0.2) is 4.98 Å². The monoisotopic (exact) mass is 250 g/mol. The molecule has 1 atom stereocenters. The van der Waals surface area contributed by atoms with Gasteiger partial charge in [-0.05, 0) is 25.7 Å². The van der Waals surface area contributed by atoms with E-state index >= 15 is 0 Å². The van der Waals surface area contributed by atoms with Gasteiger partial charge in [0.2, 0.25) is 11.8 Å². The summed E-state index contributed by atoms with van der Waals surface area (Å²) in [4.78, 5) is 8.69. The second kappa shape index (κ2) is 6.00. The maximum absolute atomic E-state index is 5.86. The van der Waals surface area contributed by atoms with Crippen molar-refractivity contribution in [2.24, 2.45) is 11.7 Å². The SMILES string of the molecule is COc1cc(C)nc(NC(CN)C2CCCC2)n1. The van der Waals surface area contributed by atoms with Crippen LogP contribution in [-0.4, -0.2) is 29.7 Å². The molecule has 1 aromatic rings. The predicted molar refractivity (Wildman–Crippen MR) is 71.7 cm³/mol. The van der Waals surface area contributed by atoms with Crippen molar-refractivity contribution in [3.63, 3.8) is 0 Å². The number of rotatable bonds is 5. The van der Waals surface area contributed by atoms with Crippen molar-refractivity contribution in [1.29, 1.82) is 0 Å². The number of hydrogen-bond acceptors (Lipinski definition) is 5. The zero-order chi connectivity index (χ0) is 13.0. The van der Waals surface area contributed by atoms with Crippen molar-refractivity contribution in [2.75, 3.05) is 19.0 Å². The highest BCUT2D eigenvalue weighted by atomic mass is 16.5. The van der Waals surface area contributed by atoms with Crippen LogP contribution in [0.3, 0.4) is 0 Å². The first-order valence-electron chi connectivity index (χ1n) is 6.59. The third-order valence-corrected chi connectivity index (χ3v) is 3.58. The Morgan fingerprint density at radius 1 is 1.44 bits per heavy atom. The molecule has 0 spiro atoms. The van der Waals surface area contributed by atoms with Gasteiger partial charge in [-0.3, -0.25) is 0 Å². The van der Waals surface area contributed by atoms with Crippen LogP contribution in [0.4, 0.5) is 5.95 Å². The number of aryl methyl sites for hydroxylation is 1. The molecule has 100 valence electrons. The smallest absolute Gasteiger partial charge is 0.226 e. The van der Waals surface area contributed by atoms with Gasteiger partial charge in [-0.15, -0.1) is 0 Å². The summed E-state index contributed by atoms with van der Waals surface area (Å²) in [5.41, 5.74) is 6.75. The molecule has 0 radical (unpaired) electrons. The minimum Gasteiger partial charge on any atom is -0.481 e. The average Bonchev–Trinajstić information content (AvgIpc) is 2.89. The number of methoxy groups -OCH3 is 1. The second-order valence-corrected chi connectivity index (χ2v) is 4.91. The third-order valence-electron chi connectivity index (χ3n) is 3.58. The van der Waals surface area contributed by atoms with Crippen LogP contribution in [0.25, 0.3) is 0 Å². The molecule has 0 saturated heterocycles. The van der Waals surface area contributed by atoms with Gasteiger partial charge in [0.15, 0.2) is 0 Å². The molecule has 2 rings (SSSR count). The molecule has 1 heterocycles. The van der Waals surface area contributed by atoms with E-state index in [0.717, 1.165) is 5.69 Å². The van der Waals surface area contributed by atoms with E-state index in [1.807, 2.05) is 13.0 Å². The molecule has 5 nitrogen and oxygen atoms in total. The zero-order valence-electron chi connectivity index (χ0n) is 11.1. The summed E-state index contributed by atoms with van der Waals surface area (Å²) in [6.07, 6.45) is 5.11. The molecular weight excluding hydrogens is 228 g/mol. The Morgan fingerprint density at radius 2 is 2.17 bits per heavy atom. The second-order valence-electron chi connectivity index (χ2n) is 4.91. The van der Waals surface area contributed by atoms with E-state index in [2.05, 4.69) is 15.3 Å². The van der Waals surface area contributed by atoms with E-state index in [4.69, 9.17) is 10.5 Å². The summed E-state index contributed by atoms with van der Waals surface area (Å²) < 4.78 is 5.15.